The van der Waals surface area contributed by atoms with Crippen LogP contribution in [0.1, 0.15) is 25.7 Å². The van der Waals surface area contributed by atoms with Gasteiger partial charge in [0.1, 0.15) is 0 Å². The molecule has 3 rings (SSSR count). The van der Waals surface area contributed by atoms with Crippen molar-refractivity contribution in [3.63, 3.8) is 0 Å². The van der Waals surface area contributed by atoms with Crippen LogP contribution in [-0.2, 0) is 0 Å². The second-order valence-electron chi connectivity index (χ2n) is 5.14. The number of benzene rings is 1. The lowest BCUT2D eigenvalue weighted by molar-refractivity contribution is 0.406. The summed E-state index contributed by atoms with van der Waals surface area (Å²) in [5.74, 6) is 0. The molecule has 0 saturated carbocycles. The fourth-order valence-corrected chi connectivity index (χ4v) is 2.69. The molecule has 0 atom stereocenters. The third kappa shape index (κ3) is 3.11. The number of anilines is 1. The molecule has 1 aliphatic heterocycles. The molecule has 19 heavy (non-hydrogen) atoms. The summed E-state index contributed by atoms with van der Waals surface area (Å²) in [6.45, 7) is 2.45. The molecule has 1 heterocycles. The zero-order valence-corrected chi connectivity index (χ0v) is 11.2. The molecule has 2 N–H and O–H groups in total. The normalized spacial score (nSPS) is 18.8. The van der Waals surface area contributed by atoms with E-state index < -0.39 is 0 Å². The molecule has 1 aliphatic carbocycles. The highest BCUT2D eigenvalue weighted by Gasteiger charge is 2.16. The molecule has 1 aromatic rings. The van der Waals surface area contributed by atoms with Crippen molar-refractivity contribution in [1.29, 1.82) is 0 Å². The topological polar surface area (TPSA) is 27.3 Å². The van der Waals surface area contributed by atoms with Crippen LogP contribution in [0.25, 0.3) is 0 Å². The number of allylic oxidation sites excluding steroid dienone is 3. The average Bonchev–Trinajstić information content (AvgIpc) is 3.01. The molecule has 100 valence electrons. The van der Waals surface area contributed by atoms with E-state index in [2.05, 4.69) is 40.0 Å². The summed E-state index contributed by atoms with van der Waals surface area (Å²) in [5, 5.41) is 0. The van der Waals surface area contributed by atoms with Crippen LogP contribution in [-0.4, -0.2) is 18.0 Å². The van der Waals surface area contributed by atoms with E-state index in [1.807, 2.05) is 18.2 Å². The Bertz CT molecular complexity index is 470. The monoisotopic (exact) mass is 255 g/mol. The first-order valence-corrected chi connectivity index (χ1v) is 7.14. The standard InChI is InChI=1S/C16H21N3/c1-2-7-14(8-3-1)17-18-15-9-6-10-16(13-15)19-11-4-5-12-19/h1-3,7-9,13,17-18H,4-6,10-12H2. The van der Waals surface area contributed by atoms with Crippen molar-refractivity contribution in [3.05, 3.63) is 53.9 Å². The van der Waals surface area contributed by atoms with Crippen molar-refractivity contribution >= 4 is 5.69 Å². The molecular formula is C16H21N3. The van der Waals surface area contributed by atoms with Gasteiger partial charge in [0.15, 0.2) is 0 Å². The van der Waals surface area contributed by atoms with E-state index in [0.29, 0.717) is 0 Å². The summed E-state index contributed by atoms with van der Waals surface area (Å²) in [6.07, 6.45) is 9.52. The molecule has 1 aromatic carbocycles. The van der Waals surface area contributed by atoms with Gasteiger partial charge in [-0.25, -0.2) is 0 Å². The van der Waals surface area contributed by atoms with Crippen LogP contribution in [0.3, 0.4) is 0 Å². The minimum atomic E-state index is 1.09. The smallest absolute Gasteiger partial charge is 0.0539 e. The van der Waals surface area contributed by atoms with Gasteiger partial charge in [0, 0.05) is 18.8 Å². The molecule has 3 nitrogen and oxygen atoms in total. The molecule has 0 aromatic heterocycles. The maximum Gasteiger partial charge on any atom is 0.0539 e. The summed E-state index contributed by atoms with van der Waals surface area (Å²) < 4.78 is 0. The highest BCUT2D eigenvalue weighted by Crippen LogP contribution is 2.23. The number of likely N-dealkylation sites (tertiary alicyclic amines) is 1. The Kier molecular flexibility index (Phi) is 3.73. The van der Waals surface area contributed by atoms with E-state index in [1.54, 1.807) is 0 Å². The summed E-state index contributed by atoms with van der Waals surface area (Å²) >= 11 is 0. The molecule has 0 spiro atoms. The van der Waals surface area contributed by atoms with Gasteiger partial charge in [-0.1, -0.05) is 24.3 Å². The average molecular weight is 255 g/mol. The highest BCUT2D eigenvalue weighted by atomic mass is 15.4. The minimum Gasteiger partial charge on any atom is -0.375 e. The first-order valence-electron chi connectivity index (χ1n) is 7.14. The van der Waals surface area contributed by atoms with Gasteiger partial charge in [-0.3, -0.25) is 0 Å². The molecule has 0 unspecified atom stereocenters. The van der Waals surface area contributed by atoms with Crippen molar-refractivity contribution in [1.82, 2.24) is 10.3 Å². The van der Waals surface area contributed by atoms with E-state index in [1.165, 1.54) is 43.7 Å². The number of hydrogen-bond donors (Lipinski definition) is 2. The van der Waals surface area contributed by atoms with Crippen LogP contribution >= 0.6 is 0 Å². The van der Waals surface area contributed by atoms with Crippen LogP contribution in [0.5, 0.6) is 0 Å². The predicted molar refractivity (Wildman–Crippen MR) is 79.4 cm³/mol. The Morgan fingerprint density at radius 1 is 0.947 bits per heavy atom. The van der Waals surface area contributed by atoms with Crippen LogP contribution in [0.15, 0.2) is 53.9 Å². The number of hydrogen-bond acceptors (Lipinski definition) is 3. The van der Waals surface area contributed by atoms with E-state index in [-0.39, 0.29) is 0 Å². The maximum atomic E-state index is 3.30. The van der Waals surface area contributed by atoms with Gasteiger partial charge in [0.25, 0.3) is 0 Å². The molecule has 2 aliphatic rings. The van der Waals surface area contributed by atoms with E-state index in [9.17, 15) is 0 Å². The number of nitrogens with zero attached hydrogens (tertiary/aromatic N) is 1. The van der Waals surface area contributed by atoms with Gasteiger partial charge in [0.2, 0.25) is 0 Å². The second-order valence-corrected chi connectivity index (χ2v) is 5.14. The summed E-state index contributed by atoms with van der Waals surface area (Å²) in [4.78, 5) is 2.52. The predicted octanol–water partition coefficient (Wildman–Crippen LogP) is 3.26. The lowest BCUT2D eigenvalue weighted by Gasteiger charge is -2.25. The zero-order chi connectivity index (χ0) is 12.9. The van der Waals surface area contributed by atoms with Crippen molar-refractivity contribution in [2.24, 2.45) is 0 Å². The van der Waals surface area contributed by atoms with Crippen molar-refractivity contribution in [2.45, 2.75) is 25.7 Å². The van der Waals surface area contributed by atoms with Crippen LogP contribution in [0.4, 0.5) is 5.69 Å². The van der Waals surface area contributed by atoms with Crippen LogP contribution in [0.2, 0.25) is 0 Å². The Balaban J connectivity index is 1.60. The summed E-state index contributed by atoms with van der Waals surface area (Å²) in [5.41, 5.74) is 10.3. The van der Waals surface area contributed by atoms with Crippen LogP contribution in [0, 0.1) is 0 Å². The van der Waals surface area contributed by atoms with Crippen LogP contribution < -0.4 is 10.9 Å². The summed E-state index contributed by atoms with van der Waals surface area (Å²) in [6, 6.07) is 10.2. The van der Waals surface area contributed by atoms with Gasteiger partial charge < -0.3 is 15.8 Å². The Hall–Kier alpha value is -1.90. The Labute approximate surface area is 115 Å². The first kappa shape index (κ1) is 12.2. The number of para-hydroxylation sites is 1. The molecule has 0 radical (unpaired) electrons. The molecule has 0 amide bonds. The van der Waals surface area contributed by atoms with E-state index in [4.69, 9.17) is 0 Å². The molecule has 3 heteroatoms. The van der Waals surface area contributed by atoms with Crippen molar-refractivity contribution in [3.8, 4) is 0 Å². The third-order valence-corrected chi connectivity index (χ3v) is 3.72. The van der Waals surface area contributed by atoms with E-state index >= 15 is 0 Å². The quantitative estimate of drug-likeness (QED) is 0.809. The Morgan fingerprint density at radius 2 is 1.74 bits per heavy atom. The van der Waals surface area contributed by atoms with Crippen molar-refractivity contribution in [2.75, 3.05) is 18.5 Å². The largest absolute Gasteiger partial charge is 0.375 e. The van der Waals surface area contributed by atoms with Gasteiger partial charge in [-0.2, -0.15) is 0 Å². The van der Waals surface area contributed by atoms with Gasteiger partial charge in [0.05, 0.1) is 11.4 Å². The number of rotatable bonds is 4. The lowest BCUT2D eigenvalue weighted by atomic mass is 10.1. The number of nitrogens with one attached hydrogen (secondary N) is 2. The maximum absolute atomic E-state index is 3.30. The van der Waals surface area contributed by atoms with Gasteiger partial charge in [-0.05, 0) is 43.9 Å². The zero-order valence-electron chi connectivity index (χ0n) is 11.2. The lowest BCUT2D eigenvalue weighted by Crippen LogP contribution is -2.25. The molecule has 0 bridgehead atoms. The number of hydrazine groups is 1. The minimum absolute atomic E-state index is 1.09. The summed E-state index contributed by atoms with van der Waals surface area (Å²) in [7, 11) is 0. The van der Waals surface area contributed by atoms with Gasteiger partial charge >= 0.3 is 0 Å². The Morgan fingerprint density at radius 3 is 2.53 bits per heavy atom. The highest BCUT2D eigenvalue weighted by molar-refractivity contribution is 5.43. The van der Waals surface area contributed by atoms with Gasteiger partial charge in [-0.15, -0.1) is 0 Å². The second kappa shape index (κ2) is 5.83. The molecule has 1 saturated heterocycles. The van der Waals surface area contributed by atoms with E-state index in [0.717, 1.165) is 12.1 Å². The SMILES string of the molecule is C1=C(NNc2ccccc2)C=C(N2CCCC2)CC1. The molecular weight excluding hydrogens is 234 g/mol. The first-order chi connectivity index (χ1) is 9.42. The molecule has 1 fully saturated rings. The fourth-order valence-electron chi connectivity index (χ4n) is 2.69. The third-order valence-electron chi connectivity index (χ3n) is 3.72. The van der Waals surface area contributed by atoms with Crippen molar-refractivity contribution < 1.29 is 0 Å². The fraction of sp³-hybridized carbons (Fsp3) is 0.375.